The summed E-state index contributed by atoms with van der Waals surface area (Å²) in [4.78, 5) is 0. The molecule has 0 nitrogen and oxygen atoms in total. The van der Waals surface area contributed by atoms with Gasteiger partial charge in [-0.3, -0.25) is 0 Å². The first-order valence-electron chi connectivity index (χ1n) is 11.4. The van der Waals surface area contributed by atoms with E-state index in [9.17, 15) is 0 Å². The summed E-state index contributed by atoms with van der Waals surface area (Å²) in [5.41, 5.74) is 5.45. The van der Waals surface area contributed by atoms with Crippen LogP contribution in [0.25, 0.3) is 0 Å². The van der Waals surface area contributed by atoms with E-state index in [1.54, 1.807) is 0 Å². The maximum atomic E-state index is 2.47. The first-order valence-corrected chi connectivity index (χ1v) is 13.4. The molecule has 0 fully saturated rings. The fourth-order valence-electron chi connectivity index (χ4n) is 4.81. The van der Waals surface area contributed by atoms with Crippen LogP contribution in [0, 0.1) is 13.8 Å². The van der Waals surface area contributed by atoms with E-state index in [2.05, 4.69) is 125 Å². The van der Waals surface area contributed by atoms with Crippen molar-refractivity contribution in [3.8, 4) is 0 Å². The Balaban J connectivity index is 2.17. The Morgan fingerprint density at radius 2 is 0.839 bits per heavy atom. The Kier molecular flexibility index (Phi) is 6.24. The van der Waals surface area contributed by atoms with E-state index >= 15 is 0 Å². The highest BCUT2D eigenvalue weighted by Gasteiger charge is 2.41. The van der Waals surface area contributed by atoms with Gasteiger partial charge < -0.3 is 0 Å². The molecule has 156 valence electrons. The molecular formula is C30H32Si. The van der Waals surface area contributed by atoms with Gasteiger partial charge in [-0.1, -0.05) is 122 Å². The van der Waals surface area contributed by atoms with Gasteiger partial charge in [0.25, 0.3) is 0 Å². The molecule has 0 amide bonds. The zero-order chi connectivity index (χ0) is 21.8. The van der Waals surface area contributed by atoms with Gasteiger partial charge in [-0.05, 0) is 58.6 Å². The summed E-state index contributed by atoms with van der Waals surface area (Å²) in [6.07, 6.45) is 2.10. The fraction of sp³-hybridized carbons (Fsp3) is 0.200. The maximum Gasteiger partial charge on any atom is 0.179 e. The van der Waals surface area contributed by atoms with Crippen LogP contribution < -0.4 is 20.7 Å². The van der Waals surface area contributed by atoms with Crippen molar-refractivity contribution in [3.63, 3.8) is 0 Å². The van der Waals surface area contributed by atoms with Crippen LogP contribution in [0.3, 0.4) is 0 Å². The van der Waals surface area contributed by atoms with Crippen molar-refractivity contribution in [2.45, 2.75) is 40.5 Å². The standard InChI is InChI=1S/C30H32Si/c1-5-25-13-9-17-29(21-25)31(27-15-7-11-23(3)19-27,28-16-8-12-24(4)20-28)30-18-10-14-26(6-2)22-30/h7-22H,5-6H2,1-4H3. The molecule has 0 radical (unpaired) electrons. The molecule has 0 spiro atoms. The quantitative estimate of drug-likeness (QED) is 0.310. The SMILES string of the molecule is CCc1cccc([Si](c2cccc(C)c2)(c2cccc(C)c2)c2cccc(CC)c2)c1. The third-order valence-electron chi connectivity index (χ3n) is 6.44. The van der Waals surface area contributed by atoms with Crippen LogP contribution in [0.4, 0.5) is 0 Å². The third-order valence-corrected chi connectivity index (χ3v) is 11.1. The molecule has 4 aromatic carbocycles. The summed E-state index contributed by atoms with van der Waals surface area (Å²) in [7, 11) is -2.46. The number of hydrogen-bond acceptors (Lipinski definition) is 0. The summed E-state index contributed by atoms with van der Waals surface area (Å²) in [5.74, 6) is 0. The number of rotatable bonds is 6. The fourth-order valence-corrected chi connectivity index (χ4v) is 9.88. The van der Waals surface area contributed by atoms with Crippen LogP contribution in [0.5, 0.6) is 0 Å². The highest BCUT2D eigenvalue weighted by atomic mass is 28.3. The summed E-state index contributed by atoms with van der Waals surface area (Å²) in [6.45, 7) is 8.92. The maximum absolute atomic E-state index is 2.47. The van der Waals surface area contributed by atoms with Crippen molar-refractivity contribution in [1.82, 2.24) is 0 Å². The van der Waals surface area contributed by atoms with Crippen molar-refractivity contribution < 1.29 is 0 Å². The van der Waals surface area contributed by atoms with Gasteiger partial charge in [0.1, 0.15) is 0 Å². The van der Waals surface area contributed by atoms with Gasteiger partial charge in [0.05, 0.1) is 0 Å². The molecule has 0 heterocycles. The van der Waals surface area contributed by atoms with Gasteiger partial charge >= 0.3 is 0 Å². The van der Waals surface area contributed by atoms with E-state index in [0.717, 1.165) is 12.8 Å². The summed E-state index contributed by atoms with van der Waals surface area (Å²) in [6, 6.07) is 37.2. The lowest BCUT2D eigenvalue weighted by atomic mass is 10.2. The Bertz CT molecular complexity index is 1090. The second-order valence-corrected chi connectivity index (χ2v) is 12.4. The number of hydrogen-bond donors (Lipinski definition) is 0. The Hall–Kier alpha value is -2.90. The van der Waals surface area contributed by atoms with Crippen LogP contribution in [0.1, 0.15) is 36.1 Å². The zero-order valence-corrected chi connectivity index (χ0v) is 20.2. The minimum Gasteiger partial charge on any atom is -0.0621 e. The molecule has 31 heavy (non-hydrogen) atoms. The van der Waals surface area contributed by atoms with Gasteiger partial charge in [0.2, 0.25) is 0 Å². The van der Waals surface area contributed by atoms with E-state index in [1.165, 1.54) is 43.0 Å². The van der Waals surface area contributed by atoms with Gasteiger partial charge in [-0.25, -0.2) is 0 Å². The van der Waals surface area contributed by atoms with Crippen molar-refractivity contribution in [3.05, 3.63) is 119 Å². The van der Waals surface area contributed by atoms with Gasteiger partial charge in [0.15, 0.2) is 8.07 Å². The number of aryl methyl sites for hydroxylation is 4. The molecule has 0 aliphatic carbocycles. The van der Waals surface area contributed by atoms with E-state index in [-0.39, 0.29) is 0 Å². The van der Waals surface area contributed by atoms with E-state index in [4.69, 9.17) is 0 Å². The predicted molar refractivity (Wildman–Crippen MR) is 138 cm³/mol. The highest BCUT2D eigenvalue weighted by molar-refractivity contribution is 7.19. The molecule has 0 saturated heterocycles. The molecule has 0 aromatic heterocycles. The lowest BCUT2D eigenvalue weighted by Crippen LogP contribution is -2.75. The van der Waals surface area contributed by atoms with Gasteiger partial charge in [-0.15, -0.1) is 0 Å². The molecule has 0 aliphatic heterocycles. The van der Waals surface area contributed by atoms with Crippen LogP contribution >= 0.6 is 0 Å². The highest BCUT2D eigenvalue weighted by Crippen LogP contribution is 2.14. The van der Waals surface area contributed by atoms with Crippen LogP contribution in [-0.2, 0) is 12.8 Å². The minimum absolute atomic E-state index is 1.05. The first kappa shape index (κ1) is 21.3. The van der Waals surface area contributed by atoms with Crippen LogP contribution in [0.15, 0.2) is 97.1 Å². The molecule has 0 unspecified atom stereocenters. The summed E-state index contributed by atoms with van der Waals surface area (Å²) in [5, 5.41) is 5.85. The normalized spacial score (nSPS) is 11.5. The monoisotopic (exact) mass is 420 g/mol. The van der Waals surface area contributed by atoms with Gasteiger partial charge in [0, 0.05) is 0 Å². The third kappa shape index (κ3) is 4.03. The lowest BCUT2D eigenvalue weighted by molar-refractivity contribution is 1.14. The van der Waals surface area contributed by atoms with E-state index in [1.807, 2.05) is 0 Å². The Labute approximate surface area is 188 Å². The van der Waals surface area contributed by atoms with Crippen molar-refractivity contribution in [2.75, 3.05) is 0 Å². The topological polar surface area (TPSA) is 0 Å². The average molecular weight is 421 g/mol. The molecule has 4 rings (SSSR count). The van der Waals surface area contributed by atoms with Crippen molar-refractivity contribution in [1.29, 1.82) is 0 Å². The molecule has 4 aromatic rings. The first-order chi connectivity index (χ1) is 15.1. The second kappa shape index (κ2) is 9.07. The van der Waals surface area contributed by atoms with Crippen molar-refractivity contribution in [2.24, 2.45) is 0 Å². The Morgan fingerprint density at radius 1 is 0.484 bits per heavy atom. The van der Waals surface area contributed by atoms with E-state index < -0.39 is 8.07 Å². The summed E-state index contributed by atoms with van der Waals surface area (Å²) >= 11 is 0. The molecule has 0 bridgehead atoms. The largest absolute Gasteiger partial charge is 0.179 e. The molecule has 0 N–H and O–H groups in total. The smallest absolute Gasteiger partial charge is 0.0621 e. The molecule has 0 aliphatic rings. The zero-order valence-electron chi connectivity index (χ0n) is 19.2. The summed E-state index contributed by atoms with van der Waals surface area (Å²) < 4.78 is 0. The molecule has 1 heteroatoms. The Morgan fingerprint density at radius 3 is 1.19 bits per heavy atom. The van der Waals surface area contributed by atoms with Crippen molar-refractivity contribution >= 4 is 28.8 Å². The van der Waals surface area contributed by atoms with Crippen LogP contribution in [-0.4, -0.2) is 8.07 Å². The van der Waals surface area contributed by atoms with E-state index in [0.29, 0.717) is 0 Å². The molecular weight excluding hydrogens is 388 g/mol. The van der Waals surface area contributed by atoms with Crippen LogP contribution in [0.2, 0.25) is 0 Å². The predicted octanol–water partition coefficient (Wildman–Crippen LogP) is 4.81. The van der Waals surface area contributed by atoms with Gasteiger partial charge in [-0.2, -0.15) is 0 Å². The second-order valence-electron chi connectivity index (χ2n) is 8.60. The molecule has 0 atom stereocenters. The number of benzene rings is 4. The molecule has 0 saturated carbocycles. The lowest BCUT2D eigenvalue weighted by Gasteiger charge is -2.35. The minimum atomic E-state index is -2.46. The average Bonchev–Trinajstić information content (AvgIpc) is 2.80.